The number of hydrogen-bond acceptors (Lipinski definition) is 1. The summed E-state index contributed by atoms with van der Waals surface area (Å²) in [5.41, 5.74) is -21.9. The maximum Gasteiger partial charge on any atom is 0.253 e. The van der Waals surface area contributed by atoms with E-state index in [4.69, 9.17) is 0 Å². The molecule has 0 radical (unpaired) electrons. The topological polar surface area (TPSA) is 17.1 Å². The predicted octanol–water partition coefficient (Wildman–Crippen LogP) is 8.48. The molecule has 19 heteroatoms. The predicted molar refractivity (Wildman–Crippen MR) is 109 cm³/mol. The van der Waals surface area contributed by atoms with Gasteiger partial charge in [0.25, 0.3) is 5.78 Å². The van der Waals surface area contributed by atoms with Gasteiger partial charge in [-0.2, -0.15) is 4.39 Å². The Morgan fingerprint density at radius 1 is 0.311 bits per heavy atom. The molecule has 0 aliphatic heterocycles. The molecule has 236 valence electrons. The molecule has 2 aliphatic rings. The summed E-state index contributed by atoms with van der Waals surface area (Å²) in [5.74, 6) is -60.8. The number of ketones is 1. The maximum atomic E-state index is 15.4. The van der Waals surface area contributed by atoms with Gasteiger partial charge >= 0.3 is 0 Å². The van der Waals surface area contributed by atoms with Crippen molar-refractivity contribution < 1.29 is 83.8 Å². The molecule has 5 rings (SSSR count). The highest BCUT2D eigenvalue weighted by Crippen LogP contribution is 2.68. The minimum absolute atomic E-state index is 2.40. The molecule has 0 atom stereocenters. The summed E-state index contributed by atoms with van der Waals surface area (Å²) in [6.07, 6.45) is 0. The van der Waals surface area contributed by atoms with E-state index in [9.17, 15) is 48.7 Å². The van der Waals surface area contributed by atoms with Crippen LogP contribution < -0.4 is 0 Å². The van der Waals surface area contributed by atoms with Crippen molar-refractivity contribution in [1.29, 1.82) is 0 Å². The van der Waals surface area contributed by atoms with Crippen LogP contribution in [-0.2, 0) is 10.2 Å². The first-order valence-electron chi connectivity index (χ1n) is 11.1. The quantitative estimate of drug-likeness (QED) is 0.155. The molecule has 3 aromatic carbocycles. The zero-order valence-corrected chi connectivity index (χ0v) is 20.2. The lowest BCUT2D eigenvalue weighted by atomic mass is 9.50. The summed E-state index contributed by atoms with van der Waals surface area (Å²) in [4.78, 5) is 12.1. The zero-order valence-electron chi connectivity index (χ0n) is 20.2. The Morgan fingerprint density at radius 2 is 0.600 bits per heavy atom. The lowest BCUT2D eigenvalue weighted by molar-refractivity contribution is -0.115. The van der Waals surface area contributed by atoms with Crippen molar-refractivity contribution in [1.82, 2.24) is 0 Å². The van der Waals surface area contributed by atoms with Crippen LogP contribution in [0.2, 0.25) is 0 Å². The van der Waals surface area contributed by atoms with Gasteiger partial charge in [-0.1, -0.05) is 0 Å². The molecule has 45 heavy (non-hydrogen) atoms. The van der Waals surface area contributed by atoms with Gasteiger partial charge in [0, 0.05) is 22.3 Å². The average molecular weight is 670 g/mol. The summed E-state index contributed by atoms with van der Waals surface area (Å²) in [6.45, 7) is 0. The minimum atomic E-state index is -5.10. The van der Waals surface area contributed by atoms with Crippen molar-refractivity contribution in [3.05, 3.63) is 133 Å². The molecular weight excluding hydrogens is 670 g/mol. The van der Waals surface area contributed by atoms with Crippen molar-refractivity contribution in [3.63, 3.8) is 0 Å². The number of hydrogen-bond donors (Lipinski definition) is 0. The first-order chi connectivity index (χ1) is 20.8. The Labute approximate surface area is 234 Å². The van der Waals surface area contributed by atoms with Crippen LogP contribution in [-0.4, -0.2) is 5.78 Å². The monoisotopic (exact) mass is 670 g/mol. The average Bonchev–Trinajstić information content (AvgIpc) is 3.00. The van der Waals surface area contributed by atoms with Gasteiger partial charge in [0.05, 0.1) is 11.0 Å². The third-order valence-corrected chi connectivity index (χ3v) is 6.91. The molecule has 0 saturated carbocycles. The number of halogens is 18. The van der Waals surface area contributed by atoms with Crippen LogP contribution in [0.3, 0.4) is 0 Å². The highest BCUT2D eigenvalue weighted by molar-refractivity contribution is 6.15. The minimum Gasteiger partial charge on any atom is -0.283 e. The van der Waals surface area contributed by atoms with Crippen molar-refractivity contribution in [3.8, 4) is 0 Å². The third-order valence-electron chi connectivity index (χ3n) is 6.91. The molecule has 0 unspecified atom stereocenters. The molecule has 2 aliphatic carbocycles. The molecule has 3 aromatic rings. The number of Topliss-reactive ketones (excluding diaryl/α,β-unsaturated/α-hetero) is 1. The van der Waals surface area contributed by atoms with Gasteiger partial charge in [0.2, 0.25) is 23.3 Å². The Bertz CT molecular complexity index is 1900. The number of benzene rings is 3. The molecule has 0 amide bonds. The van der Waals surface area contributed by atoms with Gasteiger partial charge in [-0.25, -0.2) is 74.6 Å². The van der Waals surface area contributed by atoms with Crippen molar-refractivity contribution in [2.75, 3.05) is 0 Å². The van der Waals surface area contributed by atoms with Crippen LogP contribution in [0.4, 0.5) is 79.0 Å². The fourth-order valence-electron chi connectivity index (χ4n) is 5.11. The molecule has 1 nitrogen and oxygen atoms in total. The van der Waals surface area contributed by atoms with E-state index < -0.39 is 149 Å². The summed E-state index contributed by atoms with van der Waals surface area (Å²) >= 11 is 0. The maximum absolute atomic E-state index is 15.4. The Morgan fingerprint density at radius 3 is 0.933 bits per heavy atom. The number of rotatable bonds is 3. The molecule has 0 bridgehead atoms. The van der Waals surface area contributed by atoms with E-state index in [0.717, 1.165) is 0 Å². The van der Waals surface area contributed by atoms with E-state index in [1.807, 2.05) is 0 Å². The second-order valence-electron chi connectivity index (χ2n) is 8.98. The van der Waals surface area contributed by atoms with Gasteiger partial charge in [-0.3, -0.25) is 4.79 Å². The Hall–Kier alpha value is -4.71. The highest BCUT2D eigenvalue weighted by atomic mass is 19.2. The van der Waals surface area contributed by atoms with Gasteiger partial charge in [-0.15, -0.1) is 0 Å². The van der Waals surface area contributed by atoms with Gasteiger partial charge < -0.3 is 0 Å². The lowest BCUT2D eigenvalue weighted by Crippen LogP contribution is -2.48. The zero-order chi connectivity index (χ0) is 33.9. The molecular formula is C26F18O. The first kappa shape index (κ1) is 31.7. The lowest BCUT2D eigenvalue weighted by Gasteiger charge is -2.50. The normalized spacial score (nSPS) is 16.2. The van der Waals surface area contributed by atoms with Crippen molar-refractivity contribution in [2.45, 2.75) is 5.41 Å². The molecule has 0 N–H and O–H groups in total. The van der Waals surface area contributed by atoms with E-state index in [1.54, 1.807) is 0 Å². The third kappa shape index (κ3) is 3.59. The van der Waals surface area contributed by atoms with E-state index in [-0.39, 0.29) is 0 Å². The first-order valence-corrected chi connectivity index (χ1v) is 11.1. The second kappa shape index (κ2) is 9.90. The van der Waals surface area contributed by atoms with E-state index in [1.165, 1.54) is 0 Å². The van der Waals surface area contributed by atoms with E-state index >= 15 is 35.1 Å². The van der Waals surface area contributed by atoms with Crippen molar-refractivity contribution in [2.24, 2.45) is 0 Å². The highest BCUT2D eigenvalue weighted by Gasteiger charge is 2.65. The largest absolute Gasteiger partial charge is 0.283 e. The summed E-state index contributed by atoms with van der Waals surface area (Å²) in [6, 6.07) is 0. The molecule has 0 saturated heterocycles. The van der Waals surface area contributed by atoms with Gasteiger partial charge in [0.1, 0.15) is 0 Å². The smallest absolute Gasteiger partial charge is 0.253 e. The number of fused-ring (bicyclic) bond motifs is 1. The van der Waals surface area contributed by atoms with Crippen LogP contribution >= 0.6 is 0 Å². The van der Waals surface area contributed by atoms with Crippen LogP contribution in [0.5, 0.6) is 0 Å². The SMILES string of the molecule is O=C1C(F)=C(F)C2=C(c3c(F)c(F)c(F)c(F)c3F)C(c3c(F)c(F)c(F)c(F)c3F)(c3c(F)c(F)c(F)c(F)c3F)C2=C1F. The van der Waals surface area contributed by atoms with E-state index in [0.29, 0.717) is 0 Å². The van der Waals surface area contributed by atoms with Crippen LogP contribution in [0.1, 0.15) is 16.7 Å². The number of carbonyl (C=O) groups excluding carboxylic acids is 1. The summed E-state index contributed by atoms with van der Waals surface area (Å²) < 4.78 is 265. The molecule has 0 aromatic heterocycles. The number of carbonyl (C=O) groups is 1. The molecule has 0 fully saturated rings. The number of allylic oxidation sites excluding steroid dienone is 6. The molecule has 0 spiro atoms. The standard InChI is InChI=1S/C26F18O/c27-7-1-3(2-8(28)15(35)21(41)16(36)9(2)29)26(4(1)14(34)25(45)24(7)44,5-10(30)17(37)22(42)18(38)11(5)31)6-12(32)19(39)23(43)20(40)13(6)33. The van der Waals surface area contributed by atoms with Gasteiger partial charge in [0.15, 0.2) is 81.5 Å². The van der Waals surface area contributed by atoms with Crippen molar-refractivity contribution >= 4 is 11.4 Å². The Kier molecular flexibility index (Phi) is 6.97. The summed E-state index contributed by atoms with van der Waals surface area (Å²) in [7, 11) is 0. The fourth-order valence-corrected chi connectivity index (χ4v) is 5.11. The van der Waals surface area contributed by atoms with Crippen LogP contribution in [0.15, 0.2) is 28.6 Å². The molecule has 0 heterocycles. The van der Waals surface area contributed by atoms with Crippen LogP contribution in [0.25, 0.3) is 5.57 Å². The van der Waals surface area contributed by atoms with Crippen LogP contribution in [0, 0.1) is 87.3 Å². The van der Waals surface area contributed by atoms with E-state index in [2.05, 4.69) is 0 Å². The Balaban J connectivity index is 2.26. The fraction of sp³-hybridized carbons (Fsp3) is 0.0385. The summed E-state index contributed by atoms with van der Waals surface area (Å²) in [5, 5.41) is 0. The van der Waals surface area contributed by atoms with Gasteiger partial charge in [-0.05, 0) is 5.57 Å². The second-order valence-corrected chi connectivity index (χ2v) is 8.98.